The minimum Gasteiger partial charge on any atom is -0.462 e. The molecule has 0 unspecified atom stereocenters. The number of furan rings is 1. The second-order valence-corrected chi connectivity index (χ2v) is 4.74. The Balaban J connectivity index is 2.39. The molecule has 1 aromatic carbocycles. The zero-order valence-electron chi connectivity index (χ0n) is 12.0. The Morgan fingerprint density at radius 1 is 1.30 bits per heavy atom. The van der Waals surface area contributed by atoms with Crippen molar-refractivity contribution in [3.05, 3.63) is 42.0 Å². The molecule has 0 fully saturated rings. The van der Waals surface area contributed by atoms with Gasteiger partial charge in [-0.3, -0.25) is 0 Å². The van der Waals surface area contributed by atoms with Gasteiger partial charge in [-0.25, -0.2) is 4.79 Å². The van der Waals surface area contributed by atoms with Crippen LogP contribution in [0.3, 0.4) is 0 Å². The topological polar surface area (TPSA) is 51.5 Å². The van der Waals surface area contributed by atoms with Crippen molar-refractivity contribution in [2.45, 2.75) is 26.8 Å². The van der Waals surface area contributed by atoms with Crippen molar-refractivity contribution >= 4 is 11.9 Å². The van der Waals surface area contributed by atoms with Gasteiger partial charge in [0.15, 0.2) is 0 Å². The SMILES string of the molecule is CCOC(=O)c1cc(-c2ccccc2)oc1NC(C)C. The molecule has 2 aromatic rings. The molecule has 0 bridgehead atoms. The van der Waals surface area contributed by atoms with E-state index < -0.39 is 0 Å². The lowest BCUT2D eigenvalue weighted by Gasteiger charge is -2.08. The Hall–Kier alpha value is -2.23. The second-order valence-electron chi connectivity index (χ2n) is 4.74. The van der Waals surface area contributed by atoms with Gasteiger partial charge >= 0.3 is 5.97 Å². The van der Waals surface area contributed by atoms with Gasteiger partial charge in [0.2, 0.25) is 5.88 Å². The first kappa shape index (κ1) is 14.2. The van der Waals surface area contributed by atoms with E-state index in [1.165, 1.54) is 0 Å². The summed E-state index contributed by atoms with van der Waals surface area (Å²) in [5.74, 6) is 0.732. The number of rotatable bonds is 5. The Bertz CT molecular complexity index is 573. The van der Waals surface area contributed by atoms with E-state index in [1.807, 2.05) is 44.2 Å². The lowest BCUT2D eigenvalue weighted by molar-refractivity contribution is 0.0527. The Labute approximate surface area is 118 Å². The molecule has 0 aliphatic carbocycles. The van der Waals surface area contributed by atoms with Crippen LogP contribution in [0.25, 0.3) is 11.3 Å². The first-order valence-electron chi connectivity index (χ1n) is 6.74. The van der Waals surface area contributed by atoms with E-state index in [2.05, 4.69) is 5.32 Å². The third-order valence-corrected chi connectivity index (χ3v) is 2.71. The van der Waals surface area contributed by atoms with E-state index in [0.717, 1.165) is 5.56 Å². The van der Waals surface area contributed by atoms with Gasteiger partial charge in [-0.1, -0.05) is 30.3 Å². The summed E-state index contributed by atoms with van der Waals surface area (Å²) in [6.45, 7) is 6.09. The first-order chi connectivity index (χ1) is 9.61. The molecule has 0 spiro atoms. The van der Waals surface area contributed by atoms with Gasteiger partial charge in [-0.15, -0.1) is 0 Å². The average molecular weight is 273 g/mol. The summed E-state index contributed by atoms with van der Waals surface area (Å²) < 4.78 is 10.8. The van der Waals surface area contributed by atoms with Crippen molar-refractivity contribution in [2.24, 2.45) is 0 Å². The molecular weight excluding hydrogens is 254 g/mol. The van der Waals surface area contributed by atoms with E-state index >= 15 is 0 Å². The maximum absolute atomic E-state index is 12.0. The van der Waals surface area contributed by atoms with Crippen molar-refractivity contribution in [2.75, 3.05) is 11.9 Å². The van der Waals surface area contributed by atoms with Gasteiger partial charge in [0.05, 0.1) is 6.61 Å². The normalized spacial score (nSPS) is 10.6. The monoisotopic (exact) mass is 273 g/mol. The number of nitrogens with one attached hydrogen (secondary N) is 1. The number of hydrogen-bond donors (Lipinski definition) is 1. The molecule has 0 atom stereocenters. The Morgan fingerprint density at radius 2 is 2.00 bits per heavy atom. The van der Waals surface area contributed by atoms with E-state index in [-0.39, 0.29) is 12.0 Å². The van der Waals surface area contributed by atoms with Gasteiger partial charge in [0.1, 0.15) is 11.3 Å². The smallest absolute Gasteiger partial charge is 0.343 e. The van der Waals surface area contributed by atoms with Gasteiger partial charge in [-0.2, -0.15) is 0 Å². The lowest BCUT2D eigenvalue weighted by Crippen LogP contribution is -2.13. The summed E-state index contributed by atoms with van der Waals surface area (Å²) in [6, 6.07) is 11.6. The minimum absolute atomic E-state index is 0.165. The van der Waals surface area contributed by atoms with Crippen molar-refractivity contribution in [3.63, 3.8) is 0 Å². The predicted molar refractivity (Wildman–Crippen MR) is 78.9 cm³/mol. The van der Waals surface area contributed by atoms with Gasteiger partial charge in [-0.05, 0) is 20.8 Å². The lowest BCUT2D eigenvalue weighted by atomic mass is 10.1. The standard InChI is InChI=1S/C16H19NO3/c1-4-19-16(18)13-10-14(12-8-6-5-7-9-12)20-15(13)17-11(2)3/h5-11,17H,4H2,1-3H3. The summed E-state index contributed by atoms with van der Waals surface area (Å²) in [6.07, 6.45) is 0. The minimum atomic E-state index is -0.374. The maximum Gasteiger partial charge on any atom is 0.343 e. The van der Waals surface area contributed by atoms with Gasteiger partial charge < -0.3 is 14.5 Å². The second kappa shape index (κ2) is 6.28. The number of hydrogen-bond acceptors (Lipinski definition) is 4. The fourth-order valence-corrected chi connectivity index (χ4v) is 1.87. The van der Waals surface area contributed by atoms with Crippen LogP contribution in [0, 0.1) is 0 Å². The third-order valence-electron chi connectivity index (χ3n) is 2.71. The maximum atomic E-state index is 12.0. The highest BCUT2D eigenvalue weighted by Crippen LogP contribution is 2.30. The molecule has 0 amide bonds. The molecule has 0 saturated carbocycles. The van der Waals surface area contributed by atoms with E-state index in [1.54, 1.807) is 13.0 Å². The summed E-state index contributed by atoms with van der Waals surface area (Å²) in [5.41, 5.74) is 1.36. The van der Waals surface area contributed by atoms with Crippen LogP contribution in [0.5, 0.6) is 0 Å². The number of carbonyl (C=O) groups is 1. The van der Waals surface area contributed by atoms with Crippen LogP contribution in [0.4, 0.5) is 5.88 Å². The molecule has 20 heavy (non-hydrogen) atoms. The number of ether oxygens (including phenoxy) is 1. The van der Waals surface area contributed by atoms with Crippen LogP contribution < -0.4 is 5.32 Å². The summed E-state index contributed by atoms with van der Waals surface area (Å²) in [7, 11) is 0. The van der Waals surface area contributed by atoms with Crippen LogP contribution in [-0.4, -0.2) is 18.6 Å². The van der Waals surface area contributed by atoms with Gasteiger partial charge in [0.25, 0.3) is 0 Å². The highest BCUT2D eigenvalue weighted by Gasteiger charge is 2.20. The highest BCUT2D eigenvalue weighted by molar-refractivity contribution is 5.96. The van der Waals surface area contributed by atoms with Crippen LogP contribution in [0.2, 0.25) is 0 Å². The number of carbonyl (C=O) groups excluding carboxylic acids is 1. The molecule has 1 heterocycles. The number of anilines is 1. The van der Waals surface area contributed by atoms with Crippen LogP contribution >= 0.6 is 0 Å². The van der Waals surface area contributed by atoms with Crippen molar-refractivity contribution in [1.82, 2.24) is 0 Å². The Kier molecular flexibility index (Phi) is 4.45. The zero-order chi connectivity index (χ0) is 14.5. The van der Waals surface area contributed by atoms with E-state index in [0.29, 0.717) is 23.8 Å². The quantitative estimate of drug-likeness (QED) is 0.838. The van der Waals surface area contributed by atoms with Gasteiger partial charge in [0, 0.05) is 17.7 Å². The Morgan fingerprint density at radius 3 is 2.60 bits per heavy atom. The molecule has 4 nitrogen and oxygen atoms in total. The molecule has 4 heteroatoms. The number of benzene rings is 1. The molecule has 1 aromatic heterocycles. The summed E-state index contributed by atoms with van der Waals surface area (Å²) in [4.78, 5) is 12.0. The van der Waals surface area contributed by atoms with E-state index in [9.17, 15) is 4.79 Å². The number of esters is 1. The molecule has 0 saturated heterocycles. The third kappa shape index (κ3) is 3.20. The average Bonchev–Trinajstić information content (AvgIpc) is 2.83. The van der Waals surface area contributed by atoms with Crippen molar-refractivity contribution < 1.29 is 13.9 Å². The highest BCUT2D eigenvalue weighted by atomic mass is 16.5. The first-order valence-corrected chi connectivity index (χ1v) is 6.74. The van der Waals surface area contributed by atoms with Crippen LogP contribution in [0.1, 0.15) is 31.1 Å². The fourth-order valence-electron chi connectivity index (χ4n) is 1.87. The molecule has 106 valence electrons. The molecule has 0 aliphatic heterocycles. The van der Waals surface area contributed by atoms with Crippen LogP contribution in [-0.2, 0) is 4.74 Å². The summed E-state index contributed by atoms with van der Waals surface area (Å²) in [5, 5.41) is 3.14. The molecule has 2 rings (SSSR count). The molecule has 1 N–H and O–H groups in total. The van der Waals surface area contributed by atoms with Crippen LogP contribution in [0.15, 0.2) is 40.8 Å². The fraction of sp³-hybridized carbons (Fsp3) is 0.312. The zero-order valence-corrected chi connectivity index (χ0v) is 12.0. The van der Waals surface area contributed by atoms with E-state index in [4.69, 9.17) is 9.15 Å². The predicted octanol–water partition coefficient (Wildman–Crippen LogP) is 3.94. The largest absolute Gasteiger partial charge is 0.462 e. The summed E-state index contributed by atoms with van der Waals surface area (Å²) >= 11 is 0. The van der Waals surface area contributed by atoms with Crippen molar-refractivity contribution in [3.8, 4) is 11.3 Å². The van der Waals surface area contributed by atoms with Crippen molar-refractivity contribution in [1.29, 1.82) is 0 Å². The molecule has 0 aliphatic rings. The molecular formula is C16H19NO3. The molecule has 0 radical (unpaired) electrons.